The normalized spacial score (nSPS) is 10.8. The predicted octanol–water partition coefficient (Wildman–Crippen LogP) is 2.43. The Balaban J connectivity index is 2.48. The number of nitrogens with one attached hydrogen (secondary N) is 1. The first kappa shape index (κ1) is 20.1. The highest BCUT2D eigenvalue weighted by atomic mass is 32.2. The smallest absolute Gasteiger partial charge is 0.312 e. The van der Waals surface area contributed by atoms with Gasteiger partial charge in [-0.25, -0.2) is 8.42 Å². The van der Waals surface area contributed by atoms with Crippen molar-refractivity contribution in [3.63, 3.8) is 0 Å². The fraction of sp³-hybridized carbons (Fsp3) is 0.250. The standard InChI is InChI=1S/C16H18N2O8S/c1-23-13-6-5-11(9-12(13)18(19)20)27(21,22)17-10-7-14(24-2)16(26-4)15(8-10)25-3/h5-9,17H,1-4H3. The summed E-state index contributed by atoms with van der Waals surface area (Å²) in [5.74, 6) is 0.736. The Morgan fingerprint density at radius 3 is 1.89 bits per heavy atom. The van der Waals surface area contributed by atoms with Gasteiger partial charge in [-0.1, -0.05) is 0 Å². The molecule has 0 fully saturated rings. The number of sulfonamides is 1. The van der Waals surface area contributed by atoms with E-state index in [2.05, 4.69) is 4.72 Å². The van der Waals surface area contributed by atoms with E-state index in [-0.39, 0.29) is 27.8 Å². The minimum atomic E-state index is -4.13. The molecule has 0 bridgehead atoms. The van der Waals surface area contributed by atoms with Crippen LogP contribution in [0.5, 0.6) is 23.0 Å². The maximum Gasteiger partial charge on any atom is 0.312 e. The SMILES string of the molecule is COc1ccc(S(=O)(=O)Nc2cc(OC)c(OC)c(OC)c2)cc1[N+](=O)[O-]. The molecular formula is C16H18N2O8S. The molecule has 0 unspecified atom stereocenters. The van der Waals surface area contributed by atoms with Crippen LogP contribution in [0.3, 0.4) is 0 Å². The Morgan fingerprint density at radius 2 is 1.44 bits per heavy atom. The van der Waals surface area contributed by atoms with Gasteiger partial charge in [0, 0.05) is 18.2 Å². The summed E-state index contributed by atoms with van der Waals surface area (Å²) in [5, 5.41) is 11.1. The average molecular weight is 398 g/mol. The second-order valence-electron chi connectivity index (χ2n) is 5.11. The lowest BCUT2D eigenvalue weighted by molar-refractivity contribution is -0.386. The van der Waals surface area contributed by atoms with Crippen LogP contribution in [0.4, 0.5) is 11.4 Å². The summed E-state index contributed by atoms with van der Waals surface area (Å²) in [6.45, 7) is 0. The van der Waals surface area contributed by atoms with E-state index in [0.29, 0.717) is 5.75 Å². The molecule has 27 heavy (non-hydrogen) atoms. The number of ether oxygens (including phenoxy) is 4. The van der Waals surface area contributed by atoms with Gasteiger partial charge in [-0.05, 0) is 12.1 Å². The van der Waals surface area contributed by atoms with Gasteiger partial charge in [0.05, 0.1) is 43.9 Å². The van der Waals surface area contributed by atoms with Gasteiger partial charge in [-0.3, -0.25) is 14.8 Å². The molecule has 0 radical (unpaired) electrons. The molecule has 0 saturated heterocycles. The first-order chi connectivity index (χ1) is 12.8. The van der Waals surface area contributed by atoms with E-state index in [9.17, 15) is 18.5 Å². The third-order valence-corrected chi connectivity index (χ3v) is 4.95. The van der Waals surface area contributed by atoms with Crippen LogP contribution in [0.25, 0.3) is 0 Å². The Morgan fingerprint density at radius 1 is 0.889 bits per heavy atom. The minimum absolute atomic E-state index is 0.0493. The summed E-state index contributed by atoms with van der Waals surface area (Å²) in [5.41, 5.74) is -0.340. The molecule has 2 rings (SSSR count). The number of hydrogen-bond acceptors (Lipinski definition) is 8. The quantitative estimate of drug-likeness (QED) is 0.531. The third kappa shape index (κ3) is 4.14. The molecule has 0 heterocycles. The molecule has 10 nitrogen and oxygen atoms in total. The molecule has 0 aromatic heterocycles. The number of methoxy groups -OCH3 is 4. The first-order valence-corrected chi connectivity index (χ1v) is 8.91. The second-order valence-corrected chi connectivity index (χ2v) is 6.79. The summed E-state index contributed by atoms with van der Waals surface area (Å²) in [6, 6.07) is 6.13. The van der Waals surface area contributed by atoms with Gasteiger partial charge in [0.25, 0.3) is 10.0 Å². The van der Waals surface area contributed by atoms with Crippen LogP contribution in [0.15, 0.2) is 35.2 Å². The van der Waals surface area contributed by atoms with Gasteiger partial charge in [-0.2, -0.15) is 0 Å². The van der Waals surface area contributed by atoms with E-state index in [1.54, 1.807) is 0 Å². The molecule has 0 aliphatic carbocycles. The number of benzene rings is 2. The Kier molecular flexibility index (Phi) is 5.95. The largest absolute Gasteiger partial charge is 0.493 e. The van der Waals surface area contributed by atoms with Gasteiger partial charge >= 0.3 is 5.69 Å². The van der Waals surface area contributed by atoms with Crippen molar-refractivity contribution in [3.05, 3.63) is 40.4 Å². The topological polar surface area (TPSA) is 126 Å². The van der Waals surface area contributed by atoms with Gasteiger partial charge < -0.3 is 18.9 Å². The van der Waals surface area contributed by atoms with Crippen molar-refractivity contribution in [2.45, 2.75) is 4.90 Å². The van der Waals surface area contributed by atoms with Crippen molar-refractivity contribution >= 4 is 21.4 Å². The van der Waals surface area contributed by atoms with Gasteiger partial charge in [0.15, 0.2) is 17.2 Å². The zero-order valence-corrected chi connectivity index (χ0v) is 15.8. The maximum absolute atomic E-state index is 12.6. The van der Waals surface area contributed by atoms with Crippen LogP contribution < -0.4 is 23.7 Å². The van der Waals surface area contributed by atoms with Crippen molar-refractivity contribution in [3.8, 4) is 23.0 Å². The summed E-state index contributed by atoms with van der Waals surface area (Å²) >= 11 is 0. The van der Waals surface area contributed by atoms with Crippen LogP contribution in [0, 0.1) is 10.1 Å². The lowest BCUT2D eigenvalue weighted by atomic mass is 10.2. The van der Waals surface area contributed by atoms with E-state index < -0.39 is 20.6 Å². The van der Waals surface area contributed by atoms with E-state index in [4.69, 9.17) is 18.9 Å². The van der Waals surface area contributed by atoms with Crippen LogP contribution >= 0.6 is 0 Å². The molecule has 0 amide bonds. The van der Waals surface area contributed by atoms with Crippen LogP contribution in [0.1, 0.15) is 0 Å². The van der Waals surface area contributed by atoms with E-state index in [1.807, 2.05) is 0 Å². The van der Waals surface area contributed by atoms with Crippen LogP contribution in [0.2, 0.25) is 0 Å². The second kappa shape index (κ2) is 7.99. The highest BCUT2D eigenvalue weighted by Crippen LogP contribution is 2.40. The summed E-state index contributed by atoms with van der Waals surface area (Å²) in [7, 11) is 1.33. The van der Waals surface area contributed by atoms with Gasteiger partial charge in [0.1, 0.15) is 0 Å². The molecule has 146 valence electrons. The number of anilines is 1. The lowest BCUT2D eigenvalue weighted by Gasteiger charge is -2.15. The predicted molar refractivity (Wildman–Crippen MR) is 96.6 cm³/mol. The molecule has 0 aliphatic rings. The van der Waals surface area contributed by atoms with Crippen molar-refractivity contribution in [1.82, 2.24) is 0 Å². The molecule has 0 spiro atoms. The fourth-order valence-corrected chi connectivity index (χ4v) is 3.39. The summed E-state index contributed by atoms with van der Waals surface area (Å²) in [4.78, 5) is 10.1. The number of nitro groups is 1. The third-order valence-electron chi connectivity index (χ3n) is 3.57. The van der Waals surface area contributed by atoms with Crippen molar-refractivity contribution in [1.29, 1.82) is 0 Å². The summed E-state index contributed by atoms with van der Waals surface area (Å²) < 4.78 is 48.0. The van der Waals surface area contributed by atoms with E-state index >= 15 is 0 Å². The lowest BCUT2D eigenvalue weighted by Crippen LogP contribution is -2.13. The van der Waals surface area contributed by atoms with Crippen molar-refractivity contribution < 1.29 is 32.3 Å². The van der Waals surface area contributed by atoms with Crippen LogP contribution in [-0.4, -0.2) is 41.8 Å². The van der Waals surface area contributed by atoms with E-state index in [0.717, 1.165) is 6.07 Å². The summed E-state index contributed by atoms with van der Waals surface area (Å²) in [6.07, 6.45) is 0. The molecule has 0 atom stereocenters. The maximum atomic E-state index is 12.6. The molecule has 0 aliphatic heterocycles. The van der Waals surface area contributed by atoms with Gasteiger partial charge in [-0.15, -0.1) is 0 Å². The number of rotatable bonds is 8. The highest BCUT2D eigenvalue weighted by molar-refractivity contribution is 7.92. The van der Waals surface area contributed by atoms with Gasteiger partial charge in [0.2, 0.25) is 5.75 Å². The average Bonchev–Trinajstić information content (AvgIpc) is 2.65. The first-order valence-electron chi connectivity index (χ1n) is 7.42. The zero-order chi connectivity index (χ0) is 20.2. The molecule has 2 aromatic carbocycles. The van der Waals surface area contributed by atoms with Crippen LogP contribution in [-0.2, 0) is 10.0 Å². The van der Waals surface area contributed by atoms with E-state index in [1.165, 1.54) is 52.7 Å². The number of hydrogen-bond donors (Lipinski definition) is 1. The molecule has 11 heteroatoms. The molecule has 0 saturated carbocycles. The van der Waals surface area contributed by atoms with Crippen molar-refractivity contribution in [2.75, 3.05) is 33.2 Å². The Hall–Kier alpha value is -3.21. The zero-order valence-electron chi connectivity index (χ0n) is 15.0. The molecule has 2 aromatic rings. The minimum Gasteiger partial charge on any atom is -0.493 e. The Bertz CT molecular complexity index is 934. The van der Waals surface area contributed by atoms with Crippen molar-refractivity contribution in [2.24, 2.45) is 0 Å². The molecular weight excluding hydrogens is 380 g/mol. The highest BCUT2D eigenvalue weighted by Gasteiger charge is 2.23. The Labute approximate surface area is 155 Å². The number of nitrogens with zero attached hydrogens (tertiary/aromatic N) is 1. The fourth-order valence-electron chi connectivity index (χ4n) is 2.33. The number of nitro benzene ring substituents is 1. The molecule has 1 N–H and O–H groups in total. The monoisotopic (exact) mass is 398 g/mol.